The van der Waals surface area contributed by atoms with Crippen LogP contribution in [0.1, 0.15) is 44.2 Å². The second kappa shape index (κ2) is 18.3. The Labute approximate surface area is 211 Å². The molecule has 0 spiro atoms. The third-order valence-electron chi connectivity index (χ3n) is 5.12. The third kappa shape index (κ3) is 12.2. The number of aliphatic imine (C=N–C) groups is 1. The van der Waals surface area contributed by atoms with E-state index in [-0.39, 0.29) is 24.0 Å². The highest BCUT2D eigenvalue weighted by Gasteiger charge is 2.13. The number of ether oxygens (including phenoxy) is 4. The summed E-state index contributed by atoms with van der Waals surface area (Å²) in [6.07, 6.45) is 3.18. The van der Waals surface area contributed by atoms with Crippen LogP contribution < -0.4 is 15.4 Å². The average Bonchev–Trinajstić information content (AvgIpc) is 2.79. The van der Waals surface area contributed by atoms with E-state index in [4.69, 9.17) is 23.9 Å². The summed E-state index contributed by atoms with van der Waals surface area (Å²) in [5.74, 6) is 2.34. The van der Waals surface area contributed by atoms with Crippen LogP contribution >= 0.6 is 24.0 Å². The summed E-state index contributed by atoms with van der Waals surface area (Å²) >= 11 is 0. The van der Waals surface area contributed by atoms with E-state index in [0.29, 0.717) is 32.3 Å². The molecule has 7 nitrogen and oxygen atoms in total. The van der Waals surface area contributed by atoms with E-state index >= 15 is 0 Å². The molecule has 2 N–H and O–H groups in total. The van der Waals surface area contributed by atoms with Crippen LogP contribution in [0.3, 0.4) is 0 Å². The number of aryl methyl sites for hydroxylation is 1. The Morgan fingerprint density at radius 3 is 2.66 bits per heavy atom. The monoisotopic (exact) mass is 563 g/mol. The third-order valence-corrected chi connectivity index (χ3v) is 5.12. The fourth-order valence-electron chi connectivity index (χ4n) is 3.33. The fraction of sp³-hybridized carbons (Fsp3) is 0.708. The molecule has 0 amide bonds. The van der Waals surface area contributed by atoms with Gasteiger partial charge in [0.25, 0.3) is 0 Å². The van der Waals surface area contributed by atoms with Crippen molar-refractivity contribution in [2.24, 2.45) is 10.9 Å². The lowest BCUT2D eigenvalue weighted by atomic mass is 10.0. The topological polar surface area (TPSA) is 73.3 Å². The number of benzene rings is 1. The molecule has 1 saturated heterocycles. The van der Waals surface area contributed by atoms with Gasteiger partial charge in [-0.05, 0) is 57.6 Å². The number of guanidine groups is 1. The minimum absolute atomic E-state index is 0. The van der Waals surface area contributed by atoms with Crippen LogP contribution in [-0.2, 0) is 20.8 Å². The summed E-state index contributed by atoms with van der Waals surface area (Å²) in [6.45, 7) is 13.5. The molecule has 2 rings (SSSR count). The van der Waals surface area contributed by atoms with Gasteiger partial charge in [0.1, 0.15) is 12.4 Å². The van der Waals surface area contributed by atoms with Crippen LogP contribution in [0.4, 0.5) is 0 Å². The number of hydrogen-bond acceptors (Lipinski definition) is 5. The lowest BCUT2D eigenvalue weighted by molar-refractivity contribution is 0.0203. The SMILES string of the molecule is CCNC(=NCc1ccc(C)cc1OCCOCC)NCCCOCC1CCOCC1.I. The smallest absolute Gasteiger partial charge is 0.191 e. The van der Waals surface area contributed by atoms with Gasteiger partial charge in [0.15, 0.2) is 5.96 Å². The van der Waals surface area contributed by atoms with Crippen LogP contribution in [0, 0.1) is 12.8 Å². The zero-order valence-corrected chi connectivity index (χ0v) is 22.3. The zero-order chi connectivity index (χ0) is 22.2. The molecule has 8 heteroatoms. The Morgan fingerprint density at radius 2 is 1.91 bits per heavy atom. The van der Waals surface area contributed by atoms with Gasteiger partial charge in [-0.3, -0.25) is 0 Å². The second-order valence-corrected chi connectivity index (χ2v) is 7.76. The predicted molar refractivity (Wildman–Crippen MR) is 140 cm³/mol. The molecule has 0 atom stereocenters. The van der Waals surface area contributed by atoms with Gasteiger partial charge in [0.05, 0.1) is 13.2 Å². The van der Waals surface area contributed by atoms with Crippen molar-refractivity contribution in [3.63, 3.8) is 0 Å². The molecule has 0 aliphatic carbocycles. The van der Waals surface area contributed by atoms with E-state index in [0.717, 1.165) is 76.1 Å². The summed E-state index contributed by atoms with van der Waals surface area (Å²) in [6, 6.07) is 6.24. The maximum absolute atomic E-state index is 5.93. The number of hydrogen-bond donors (Lipinski definition) is 2. The Hall–Kier alpha value is -1.10. The Balaban J connectivity index is 0.00000512. The van der Waals surface area contributed by atoms with Crippen LogP contribution in [0.5, 0.6) is 5.75 Å². The highest BCUT2D eigenvalue weighted by atomic mass is 127. The van der Waals surface area contributed by atoms with Crippen molar-refractivity contribution in [2.75, 3.05) is 59.3 Å². The van der Waals surface area contributed by atoms with E-state index in [1.165, 1.54) is 5.56 Å². The van der Waals surface area contributed by atoms with E-state index < -0.39 is 0 Å². The van der Waals surface area contributed by atoms with Crippen LogP contribution in [-0.4, -0.2) is 65.3 Å². The van der Waals surface area contributed by atoms with Gasteiger partial charge < -0.3 is 29.6 Å². The first kappa shape index (κ1) is 28.9. The fourth-order valence-corrected chi connectivity index (χ4v) is 3.33. The maximum atomic E-state index is 5.93. The molecule has 184 valence electrons. The summed E-state index contributed by atoms with van der Waals surface area (Å²) in [5, 5.41) is 6.71. The first-order valence-corrected chi connectivity index (χ1v) is 11.7. The van der Waals surface area contributed by atoms with Crippen LogP contribution in [0.15, 0.2) is 23.2 Å². The molecule has 1 heterocycles. The summed E-state index contributed by atoms with van der Waals surface area (Å²) in [4.78, 5) is 4.74. The molecular weight excluding hydrogens is 521 g/mol. The van der Waals surface area contributed by atoms with Crippen molar-refractivity contribution in [3.8, 4) is 5.75 Å². The normalized spacial score (nSPS) is 14.7. The van der Waals surface area contributed by atoms with Gasteiger partial charge in [-0.15, -0.1) is 24.0 Å². The lowest BCUT2D eigenvalue weighted by Gasteiger charge is -2.21. The van der Waals surface area contributed by atoms with Gasteiger partial charge >= 0.3 is 0 Å². The molecule has 1 fully saturated rings. The minimum Gasteiger partial charge on any atom is -0.491 e. The van der Waals surface area contributed by atoms with Gasteiger partial charge in [-0.25, -0.2) is 4.99 Å². The molecule has 32 heavy (non-hydrogen) atoms. The first-order chi connectivity index (χ1) is 15.2. The van der Waals surface area contributed by atoms with Crippen LogP contribution in [0.2, 0.25) is 0 Å². The largest absolute Gasteiger partial charge is 0.491 e. The molecule has 0 saturated carbocycles. The number of nitrogens with zero attached hydrogens (tertiary/aromatic N) is 1. The summed E-state index contributed by atoms with van der Waals surface area (Å²) in [7, 11) is 0. The zero-order valence-electron chi connectivity index (χ0n) is 20.0. The van der Waals surface area contributed by atoms with Gasteiger partial charge in [-0.2, -0.15) is 0 Å². The number of halogens is 1. The second-order valence-electron chi connectivity index (χ2n) is 7.76. The van der Waals surface area contributed by atoms with E-state index in [2.05, 4.69) is 42.7 Å². The quantitative estimate of drug-likeness (QED) is 0.155. The number of rotatable bonds is 14. The maximum Gasteiger partial charge on any atom is 0.191 e. The van der Waals surface area contributed by atoms with Crippen molar-refractivity contribution in [1.82, 2.24) is 10.6 Å². The molecule has 0 radical (unpaired) electrons. The van der Waals surface area contributed by atoms with Crippen molar-refractivity contribution in [2.45, 2.75) is 46.6 Å². The highest BCUT2D eigenvalue weighted by Crippen LogP contribution is 2.21. The van der Waals surface area contributed by atoms with Crippen LogP contribution in [0.25, 0.3) is 0 Å². The van der Waals surface area contributed by atoms with Crippen molar-refractivity contribution < 1.29 is 18.9 Å². The van der Waals surface area contributed by atoms with E-state index in [1.807, 2.05) is 6.92 Å². The Kier molecular flexibility index (Phi) is 16.6. The molecule has 1 aromatic rings. The molecule has 1 aliphatic heterocycles. The van der Waals surface area contributed by atoms with E-state index in [1.54, 1.807) is 0 Å². The molecule has 0 unspecified atom stereocenters. The molecule has 0 bridgehead atoms. The molecular formula is C24H42IN3O4. The summed E-state index contributed by atoms with van der Waals surface area (Å²) < 4.78 is 22.5. The first-order valence-electron chi connectivity index (χ1n) is 11.7. The van der Waals surface area contributed by atoms with Gasteiger partial charge in [0, 0.05) is 51.7 Å². The summed E-state index contributed by atoms with van der Waals surface area (Å²) in [5.41, 5.74) is 2.24. The lowest BCUT2D eigenvalue weighted by Crippen LogP contribution is -2.38. The molecule has 0 aromatic heterocycles. The van der Waals surface area contributed by atoms with Crippen molar-refractivity contribution >= 4 is 29.9 Å². The van der Waals surface area contributed by atoms with E-state index in [9.17, 15) is 0 Å². The Bertz CT molecular complexity index is 640. The number of nitrogens with one attached hydrogen (secondary N) is 2. The molecule has 1 aromatic carbocycles. The van der Waals surface area contributed by atoms with Crippen molar-refractivity contribution in [3.05, 3.63) is 29.3 Å². The standard InChI is InChI=1S/C24H41N3O4.HI/c1-4-25-24(26-11-6-12-30-19-21-9-13-29-14-10-21)27-18-22-8-7-20(3)17-23(22)31-16-15-28-5-2;/h7-8,17,21H,4-6,9-16,18-19H2,1-3H3,(H2,25,26,27);1H. The minimum atomic E-state index is 0. The average molecular weight is 564 g/mol. The van der Waals surface area contributed by atoms with Crippen molar-refractivity contribution in [1.29, 1.82) is 0 Å². The Morgan fingerprint density at radius 1 is 1.09 bits per heavy atom. The van der Waals surface area contributed by atoms with Gasteiger partial charge in [0.2, 0.25) is 0 Å². The highest BCUT2D eigenvalue weighted by molar-refractivity contribution is 14.0. The van der Waals surface area contributed by atoms with Gasteiger partial charge in [-0.1, -0.05) is 12.1 Å². The molecule has 1 aliphatic rings. The predicted octanol–water partition coefficient (Wildman–Crippen LogP) is 3.92.